The lowest BCUT2D eigenvalue weighted by molar-refractivity contribution is 0.0946. The number of hydrogen-bond acceptors (Lipinski definition) is 13. The van der Waals surface area contributed by atoms with Crippen molar-refractivity contribution in [1.82, 2.24) is 40.2 Å². The smallest absolute Gasteiger partial charge is 0.407 e. The van der Waals surface area contributed by atoms with Crippen molar-refractivity contribution in [1.29, 1.82) is 0 Å². The molecule has 0 aliphatic rings. The number of fused-ring (bicyclic) bond motifs is 1. The van der Waals surface area contributed by atoms with Gasteiger partial charge in [0.15, 0.2) is 23.8 Å². The monoisotopic (exact) mass is 830 g/mol. The number of methoxy groups -OCH3 is 4. The summed E-state index contributed by atoms with van der Waals surface area (Å²) < 4.78 is 43.6. The number of oxazole rings is 1. The van der Waals surface area contributed by atoms with Crippen LogP contribution in [0.1, 0.15) is 45.6 Å². The topological polar surface area (TPSA) is 188 Å². The van der Waals surface area contributed by atoms with E-state index >= 15 is 0 Å². The molecule has 17 heteroatoms. The zero-order valence-corrected chi connectivity index (χ0v) is 34.9. The molecule has 2 N–H and O–H groups in total. The van der Waals surface area contributed by atoms with Crippen molar-refractivity contribution in [3.63, 3.8) is 0 Å². The average Bonchev–Trinajstić information content (AvgIpc) is 3.99. The van der Waals surface area contributed by atoms with Gasteiger partial charge in [-0.15, -0.1) is 0 Å². The Morgan fingerprint density at radius 2 is 1.46 bits per heavy atom. The van der Waals surface area contributed by atoms with E-state index < -0.39 is 12.0 Å². The number of aromatic nitrogens is 6. The fourth-order valence-corrected chi connectivity index (χ4v) is 6.69. The first-order valence-electron chi connectivity index (χ1n) is 19.3. The first-order chi connectivity index (χ1) is 29.6. The summed E-state index contributed by atoms with van der Waals surface area (Å²) >= 11 is 0. The summed E-state index contributed by atoms with van der Waals surface area (Å²) in [5, 5.41) is 15.5. The molecule has 0 spiro atoms. The third-order valence-corrected chi connectivity index (χ3v) is 9.89. The lowest BCUT2D eigenvalue weighted by Crippen LogP contribution is -2.24. The summed E-state index contributed by atoms with van der Waals surface area (Å²) in [5.41, 5.74) is 4.68. The van der Waals surface area contributed by atoms with Crippen LogP contribution in [0.3, 0.4) is 0 Å². The molecule has 0 fully saturated rings. The molecule has 0 bridgehead atoms. The molecular formula is C44H46N8O9. The van der Waals surface area contributed by atoms with E-state index in [9.17, 15) is 9.59 Å². The Hall–Kier alpha value is -7.56. The van der Waals surface area contributed by atoms with E-state index in [4.69, 9.17) is 47.9 Å². The highest BCUT2D eigenvalue weighted by atomic mass is 16.6. The summed E-state index contributed by atoms with van der Waals surface area (Å²) in [6.45, 7) is 4.41. The van der Waals surface area contributed by atoms with Crippen molar-refractivity contribution in [2.75, 3.05) is 28.4 Å². The van der Waals surface area contributed by atoms with E-state index in [1.165, 1.54) is 7.11 Å². The molecule has 4 heterocycles. The number of carbonyl (C=O) groups excluding carboxylic acids is 2. The molecule has 0 radical (unpaired) electrons. The van der Waals surface area contributed by atoms with Crippen LogP contribution in [-0.2, 0) is 44.6 Å². The van der Waals surface area contributed by atoms with E-state index in [2.05, 4.69) is 15.7 Å². The standard InChI is InChI=1S/C44H46N8O9/c1-8-52-40(41(26(2)50-52)59-24-27-12-10-9-11-13-27)43-49-39(37(61-43)25-60-44(54)46-22-29-15-17-31(56-5)19-36(29)58-7)38-32-23-47-51(3)34(32)20-33(48-38)42(53)45-21-28-14-16-30(55-4)18-35(28)57-6/h9-20,23H,8,21-22,24-25H2,1-7H3,(H,45,53)(H,46,54). The van der Waals surface area contributed by atoms with E-state index in [1.807, 2.05) is 50.2 Å². The van der Waals surface area contributed by atoms with Gasteiger partial charge in [0.1, 0.15) is 52.4 Å². The Labute approximate surface area is 351 Å². The second-order valence-corrected chi connectivity index (χ2v) is 13.7. The number of ether oxygens (including phenoxy) is 6. The van der Waals surface area contributed by atoms with Crippen LogP contribution in [0.25, 0.3) is 33.9 Å². The molecule has 0 aliphatic carbocycles. The van der Waals surface area contributed by atoms with E-state index in [1.54, 1.807) is 80.3 Å². The lowest BCUT2D eigenvalue weighted by atomic mass is 10.1. The van der Waals surface area contributed by atoms with Gasteiger partial charge in [-0.05, 0) is 49.7 Å². The first kappa shape index (κ1) is 41.6. The lowest BCUT2D eigenvalue weighted by Gasteiger charge is -2.12. The van der Waals surface area contributed by atoms with Crippen LogP contribution < -0.4 is 34.3 Å². The number of amides is 2. The van der Waals surface area contributed by atoms with Crippen LogP contribution in [0.15, 0.2) is 83.4 Å². The number of nitrogens with one attached hydrogen (secondary N) is 2. The van der Waals surface area contributed by atoms with Gasteiger partial charge in [-0.1, -0.05) is 30.3 Å². The number of alkyl carbamates (subject to hydrolysis) is 1. The fourth-order valence-electron chi connectivity index (χ4n) is 6.69. The molecule has 0 saturated carbocycles. The molecule has 0 aliphatic heterocycles. The predicted octanol–water partition coefficient (Wildman–Crippen LogP) is 6.78. The van der Waals surface area contributed by atoms with Crippen molar-refractivity contribution in [2.24, 2.45) is 7.05 Å². The number of pyridine rings is 1. The van der Waals surface area contributed by atoms with Crippen LogP contribution in [0.4, 0.5) is 4.79 Å². The molecule has 17 nitrogen and oxygen atoms in total. The molecule has 316 valence electrons. The molecule has 3 aromatic carbocycles. The molecule has 0 saturated heterocycles. The summed E-state index contributed by atoms with van der Waals surface area (Å²) in [7, 11) is 7.97. The van der Waals surface area contributed by atoms with Gasteiger partial charge >= 0.3 is 6.09 Å². The van der Waals surface area contributed by atoms with Gasteiger partial charge in [-0.3, -0.25) is 14.2 Å². The largest absolute Gasteiger partial charge is 0.497 e. The highest BCUT2D eigenvalue weighted by molar-refractivity contribution is 6.00. The predicted molar refractivity (Wildman–Crippen MR) is 224 cm³/mol. The number of carbonyl (C=O) groups is 2. The fraction of sp³-hybridized carbons (Fsp3) is 0.273. The van der Waals surface area contributed by atoms with Crippen LogP contribution in [0.2, 0.25) is 0 Å². The highest BCUT2D eigenvalue weighted by Gasteiger charge is 2.29. The molecule has 0 unspecified atom stereocenters. The number of aryl methyl sites for hydroxylation is 3. The number of rotatable bonds is 17. The van der Waals surface area contributed by atoms with Crippen LogP contribution in [0.5, 0.6) is 28.7 Å². The van der Waals surface area contributed by atoms with Gasteiger partial charge in [0.2, 0.25) is 5.89 Å². The Morgan fingerprint density at radius 3 is 2.10 bits per heavy atom. The van der Waals surface area contributed by atoms with Crippen molar-refractivity contribution >= 4 is 22.9 Å². The maximum Gasteiger partial charge on any atom is 0.407 e. The SMILES string of the molecule is CCn1nc(C)c(OCc2ccccc2)c1-c1nc(-c2nc(C(=O)NCc3ccc(OC)cc3OC)cc3c2cnn3C)c(COC(=O)NCc2ccc(OC)cc2OC)o1. The molecule has 0 atom stereocenters. The molecule has 7 aromatic rings. The minimum atomic E-state index is -0.732. The molecule has 61 heavy (non-hydrogen) atoms. The molecule has 2 amide bonds. The number of nitrogens with zero attached hydrogens (tertiary/aromatic N) is 6. The van der Waals surface area contributed by atoms with E-state index in [0.717, 1.165) is 11.1 Å². The van der Waals surface area contributed by atoms with Crippen molar-refractivity contribution in [2.45, 2.75) is 46.7 Å². The van der Waals surface area contributed by atoms with Gasteiger partial charge in [0.25, 0.3) is 5.91 Å². The maximum absolute atomic E-state index is 13.9. The highest BCUT2D eigenvalue weighted by Crippen LogP contribution is 2.38. The van der Waals surface area contributed by atoms with Crippen molar-refractivity contribution < 1.29 is 42.4 Å². The third kappa shape index (κ3) is 9.05. The van der Waals surface area contributed by atoms with Crippen LogP contribution >= 0.6 is 0 Å². The van der Waals surface area contributed by atoms with Crippen molar-refractivity contribution in [3.8, 4) is 51.7 Å². The second kappa shape index (κ2) is 18.6. The normalized spacial score (nSPS) is 11.0. The zero-order chi connectivity index (χ0) is 43.0. The summed E-state index contributed by atoms with van der Waals surface area (Å²) in [6.07, 6.45) is 0.898. The second-order valence-electron chi connectivity index (χ2n) is 13.7. The van der Waals surface area contributed by atoms with Gasteiger partial charge in [-0.25, -0.2) is 14.8 Å². The first-order valence-corrected chi connectivity index (χ1v) is 19.3. The van der Waals surface area contributed by atoms with E-state index in [-0.39, 0.29) is 55.0 Å². The van der Waals surface area contributed by atoms with Crippen LogP contribution in [-0.4, -0.2) is 70.0 Å². The average molecular weight is 831 g/mol. The Balaban J connectivity index is 1.25. The molecular weight excluding hydrogens is 785 g/mol. The van der Waals surface area contributed by atoms with Crippen LogP contribution in [0, 0.1) is 6.92 Å². The number of hydrogen-bond donors (Lipinski definition) is 2. The molecule has 7 rings (SSSR count). The Bertz CT molecular complexity index is 2670. The van der Waals surface area contributed by atoms with Gasteiger partial charge in [-0.2, -0.15) is 10.2 Å². The Morgan fingerprint density at radius 1 is 0.787 bits per heavy atom. The maximum atomic E-state index is 13.9. The quantitative estimate of drug-likeness (QED) is 0.0978. The van der Waals surface area contributed by atoms with E-state index in [0.29, 0.717) is 63.1 Å². The third-order valence-electron chi connectivity index (χ3n) is 9.89. The van der Waals surface area contributed by atoms with Gasteiger partial charge < -0.3 is 43.5 Å². The number of benzene rings is 3. The van der Waals surface area contributed by atoms with Gasteiger partial charge in [0, 0.05) is 55.3 Å². The summed E-state index contributed by atoms with van der Waals surface area (Å²) in [5.74, 6) is 2.62. The minimum absolute atomic E-state index is 0.0857. The molecule has 4 aromatic heterocycles. The minimum Gasteiger partial charge on any atom is -0.497 e. The van der Waals surface area contributed by atoms with Gasteiger partial charge in [0.05, 0.1) is 40.2 Å². The summed E-state index contributed by atoms with van der Waals surface area (Å²) in [4.78, 5) is 37.0. The summed E-state index contributed by atoms with van der Waals surface area (Å²) in [6, 6.07) is 22.0. The van der Waals surface area contributed by atoms with Crippen molar-refractivity contribution in [3.05, 3.63) is 113 Å². The Kier molecular flexibility index (Phi) is 12.7. The zero-order valence-electron chi connectivity index (χ0n) is 34.9.